The first-order chi connectivity index (χ1) is 11.4. The summed E-state index contributed by atoms with van der Waals surface area (Å²) in [4.78, 5) is 12.6. The first-order valence-electron chi connectivity index (χ1n) is 8.75. The standard InChI is InChI=1S/C20H26O4/c1-5-23-15-7-6-8-20(11-15)18(21)17(19(22)24-20)16-13(3)9-12(2)10-14(16)4/h9-10,15,21H,5-8,11H2,1-4H3. The zero-order valence-electron chi connectivity index (χ0n) is 14.9. The van der Waals surface area contributed by atoms with E-state index in [2.05, 4.69) is 0 Å². The molecule has 1 aromatic carbocycles. The van der Waals surface area contributed by atoms with Crippen LogP contribution in [0.15, 0.2) is 17.9 Å². The van der Waals surface area contributed by atoms with Crippen molar-refractivity contribution in [3.63, 3.8) is 0 Å². The maximum atomic E-state index is 12.6. The maximum Gasteiger partial charge on any atom is 0.343 e. The number of hydrogen-bond donors (Lipinski definition) is 1. The van der Waals surface area contributed by atoms with Crippen LogP contribution in [0.25, 0.3) is 5.57 Å². The zero-order chi connectivity index (χ0) is 17.5. The number of carbonyl (C=O) groups excluding carboxylic acids is 1. The molecule has 0 aromatic heterocycles. The van der Waals surface area contributed by atoms with E-state index in [4.69, 9.17) is 9.47 Å². The number of aryl methyl sites for hydroxylation is 3. The molecule has 0 bridgehead atoms. The number of ether oxygens (including phenoxy) is 2. The van der Waals surface area contributed by atoms with Crippen LogP contribution in [-0.2, 0) is 14.3 Å². The van der Waals surface area contributed by atoms with Crippen LogP contribution in [0.5, 0.6) is 0 Å². The van der Waals surface area contributed by atoms with Crippen LogP contribution < -0.4 is 0 Å². The summed E-state index contributed by atoms with van der Waals surface area (Å²) in [5.74, 6) is -0.327. The highest BCUT2D eigenvalue weighted by Crippen LogP contribution is 2.46. The van der Waals surface area contributed by atoms with Crippen molar-refractivity contribution >= 4 is 11.5 Å². The Morgan fingerprint density at radius 1 is 1.29 bits per heavy atom. The summed E-state index contributed by atoms with van der Waals surface area (Å²) in [6, 6.07) is 4.06. The van der Waals surface area contributed by atoms with Gasteiger partial charge in [0.25, 0.3) is 0 Å². The highest BCUT2D eigenvalue weighted by Gasteiger charge is 2.51. The lowest BCUT2D eigenvalue weighted by atomic mass is 9.80. The third-order valence-corrected chi connectivity index (χ3v) is 5.15. The quantitative estimate of drug-likeness (QED) is 0.846. The maximum absolute atomic E-state index is 12.6. The lowest BCUT2D eigenvalue weighted by Gasteiger charge is -2.36. The Morgan fingerprint density at radius 3 is 2.58 bits per heavy atom. The van der Waals surface area contributed by atoms with Crippen molar-refractivity contribution in [3.8, 4) is 0 Å². The summed E-state index contributed by atoms with van der Waals surface area (Å²) >= 11 is 0. The second-order valence-electron chi connectivity index (χ2n) is 7.05. The average molecular weight is 330 g/mol. The van der Waals surface area contributed by atoms with Crippen molar-refractivity contribution < 1.29 is 19.4 Å². The van der Waals surface area contributed by atoms with Crippen molar-refractivity contribution in [2.45, 2.75) is 65.1 Å². The first-order valence-corrected chi connectivity index (χ1v) is 8.75. The summed E-state index contributed by atoms with van der Waals surface area (Å²) in [6.07, 6.45) is 3.03. The van der Waals surface area contributed by atoms with Crippen molar-refractivity contribution in [2.75, 3.05) is 6.61 Å². The van der Waals surface area contributed by atoms with E-state index >= 15 is 0 Å². The molecule has 0 radical (unpaired) electrons. The molecule has 0 amide bonds. The van der Waals surface area contributed by atoms with Crippen LogP contribution in [0.1, 0.15) is 54.9 Å². The van der Waals surface area contributed by atoms with Crippen LogP contribution >= 0.6 is 0 Å². The molecular formula is C20H26O4. The van der Waals surface area contributed by atoms with E-state index in [0.29, 0.717) is 25.0 Å². The molecule has 1 heterocycles. The molecule has 130 valence electrons. The predicted molar refractivity (Wildman–Crippen MR) is 92.9 cm³/mol. The molecule has 1 spiro atoms. The monoisotopic (exact) mass is 330 g/mol. The minimum atomic E-state index is -0.908. The van der Waals surface area contributed by atoms with Gasteiger partial charge >= 0.3 is 5.97 Å². The van der Waals surface area contributed by atoms with Crippen LogP contribution in [-0.4, -0.2) is 29.4 Å². The van der Waals surface area contributed by atoms with E-state index in [-0.39, 0.29) is 11.9 Å². The lowest BCUT2D eigenvalue weighted by molar-refractivity contribution is -0.154. The van der Waals surface area contributed by atoms with Gasteiger partial charge in [-0.2, -0.15) is 0 Å². The van der Waals surface area contributed by atoms with E-state index in [9.17, 15) is 9.90 Å². The smallest absolute Gasteiger partial charge is 0.343 e. The summed E-state index contributed by atoms with van der Waals surface area (Å²) in [7, 11) is 0. The molecule has 0 saturated heterocycles. The Balaban J connectivity index is 2.05. The molecule has 24 heavy (non-hydrogen) atoms. The number of hydrogen-bond acceptors (Lipinski definition) is 4. The van der Waals surface area contributed by atoms with E-state index in [0.717, 1.165) is 35.1 Å². The fourth-order valence-electron chi connectivity index (χ4n) is 4.27. The molecule has 1 aliphatic heterocycles. The third kappa shape index (κ3) is 2.73. The van der Waals surface area contributed by atoms with Crippen molar-refractivity contribution in [1.82, 2.24) is 0 Å². The van der Waals surface area contributed by atoms with Crippen LogP contribution in [0.2, 0.25) is 0 Å². The van der Waals surface area contributed by atoms with Crippen molar-refractivity contribution in [3.05, 3.63) is 40.1 Å². The number of esters is 1. The predicted octanol–water partition coefficient (Wildman–Crippen LogP) is 4.16. The van der Waals surface area contributed by atoms with Gasteiger partial charge < -0.3 is 14.6 Å². The molecule has 2 atom stereocenters. The Hall–Kier alpha value is -1.81. The molecule has 4 nitrogen and oxygen atoms in total. The van der Waals surface area contributed by atoms with E-state index in [1.54, 1.807) is 0 Å². The van der Waals surface area contributed by atoms with Gasteiger partial charge in [0.2, 0.25) is 0 Å². The van der Waals surface area contributed by atoms with Gasteiger partial charge in [-0.25, -0.2) is 4.79 Å². The molecule has 1 N–H and O–H groups in total. The molecule has 1 aliphatic carbocycles. The largest absolute Gasteiger partial charge is 0.507 e. The molecule has 1 saturated carbocycles. The molecule has 3 rings (SSSR count). The van der Waals surface area contributed by atoms with Gasteiger partial charge in [-0.05, 0) is 63.6 Å². The van der Waals surface area contributed by atoms with Gasteiger partial charge in [0.15, 0.2) is 11.4 Å². The van der Waals surface area contributed by atoms with Gasteiger partial charge in [0.1, 0.15) is 5.57 Å². The number of aliphatic hydroxyl groups excluding tert-OH is 1. The minimum Gasteiger partial charge on any atom is -0.507 e. The number of carbonyl (C=O) groups is 1. The molecular weight excluding hydrogens is 304 g/mol. The highest BCUT2D eigenvalue weighted by atomic mass is 16.6. The lowest BCUT2D eigenvalue weighted by Crippen LogP contribution is -2.41. The molecule has 1 fully saturated rings. The highest BCUT2D eigenvalue weighted by molar-refractivity contribution is 6.20. The Labute approximate surface area is 143 Å². The topological polar surface area (TPSA) is 55.8 Å². The number of benzene rings is 1. The second kappa shape index (κ2) is 6.25. The van der Waals surface area contributed by atoms with Crippen LogP contribution in [0.4, 0.5) is 0 Å². The SMILES string of the molecule is CCOC1CCCC2(C1)OC(=O)C(c1c(C)cc(C)cc1C)=C2O. The summed E-state index contributed by atoms with van der Waals surface area (Å²) in [5.41, 5.74) is 3.35. The minimum absolute atomic E-state index is 0.0262. The molecule has 2 aliphatic rings. The van der Waals surface area contributed by atoms with Crippen LogP contribution in [0.3, 0.4) is 0 Å². The van der Waals surface area contributed by atoms with Gasteiger partial charge in [-0.3, -0.25) is 0 Å². The van der Waals surface area contributed by atoms with Crippen molar-refractivity contribution in [1.29, 1.82) is 0 Å². The number of aliphatic hydroxyl groups is 1. The summed E-state index contributed by atoms with van der Waals surface area (Å²) in [5, 5.41) is 11.0. The summed E-state index contributed by atoms with van der Waals surface area (Å²) in [6.45, 7) is 8.56. The summed E-state index contributed by atoms with van der Waals surface area (Å²) < 4.78 is 11.5. The molecule has 4 heteroatoms. The molecule has 2 unspecified atom stereocenters. The third-order valence-electron chi connectivity index (χ3n) is 5.15. The second-order valence-corrected chi connectivity index (χ2v) is 7.05. The fourth-order valence-corrected chi connectivity index (χ4v) is 4.27. The average Bonchev–Trinajstić information content (AvgIpc) is 2.71. The Bertz CT molecular complexity index is 679. The van der Waals surface area contributed by atoms with Crippen LogP contribution in [0, 0.1) is 20.8 Å². The zero-order valence-corrected chi connectivity index (χ0v) is 14.9. The molecule has 1 aromatic rings. The van der Waals surface area contributed by atoms with Gasteiger partial charge in [-0.15, -0.1) is 0 Å². The van der Waals surface area contributed by atoms with E-state index in [1.807, 2.05) is 39.8 Å². The Morgan fingerprint density at radius 2 is 1.96 bits per heavy atom. The van der Waals surface area contributed by atoms with Crippen molar-refractivity contribution in [2.24, 2.45) is 0 Å². The number of rotatable bonds is 3. The fraction of sp³-hybridized carbons (Fsp3) is 0.550. The van der Waals surface area contributed by atoms with E-state index < -0.39 is 11.6 Å². The van der Waals surface area contributed by atoms with Gasteiger partial charge in [0.05, 0.1) is 6.10 Å². The normalized spacial score (nSPS) is 27.0. The van der Waals surface area contributed by atoms with Gasteiger partial charge in [-0.1, -0.05) is 17.7 Å². The van der Waals surface area contributed by atoms with Gasteiger partial charge in [0, 0.05) is 13.0 Å². The van der Waals surface area contributed by atoms with E-state index in [1.165, 1.54) is 0 Å². The Kier molecular flexibility index (Phi) is 4.43. The first kappa shape index (κ1) is 17.0.